The zero-order chi connectivity index (χ0) is 21.4. The van der Waals surface area contributed by atoms with Crippen LogP contribution in [0.3, 0.4) is 0 Å². The molecule has 2 heterocycles. The highest BCUT2D eigenvalue weighted by atomic mass is 79.9. The van der Waals surface area contributed by atoms with Gasteiger partial charge in [0.1, 0.15) is 6.54 Å². The highest BCUT2D eigenvalue weighted by Crippen LogP contribution is 2.36. The lowest BCUT2D eigenvalue weighted by molar-refractivity contribution is -0.116. The maximum Gasteiger partial charge on any atom is 0.311 e. The summed E-state index contributed by atoms with van der Waals surface area (Å²) in [6.45, 7) is 3.61. The Bertz CT molecular complexity index is 1290. The molecule has 2 N–H and O–H groups in total. The van der Waals surface area contributed by atoms with E-state index in [0.717, 1.165) is 48.3 Å². The molecule has 30 heavy (non-hydrogen) atoms. The van der Waals surface area contributed by atoms with Crippen LogP contribution in [0.2, 0.25) is 0 Å². The van der Waals surface area contributed by atoms with E-state index in [-0.39, 0.29) is 18.3 Å². The Balaban J connectivity index is 1.59. The molecule has 0 atom stereocenters. The van der Waals surface area contributed by atoms with Crippen molar-refractivity contribution in [2.45, 2.75) is 20.4 Å². The van der Waals surface area contributed by atoms with Crippen LogP contribution in [0.4, 0.5) is 11.4 Å². The van der Waals surface area contributed by atoms with E-state index < -0.39 is 4.87 Å². The first-order valence-corrected chi connectivity index (χ1v) is 10.8. The van der Waals surface area contributed by atoms with Crippen molar-refractivity contribution in [1.82, 2.24) is 4.57 Å². The van der Waals surface area contributed by atoms with Gasteiger partial charge in [0.2, 0.25) is 11.8 Å². The molecule has 8 heteroatoms. The number of aryl methyl sites for hydroxylation is 1. The first kappa shape index (κ1) is 20.3. The maximum absolute atomic E-state index is 12.5. The summed E-state index contributed by atoms with van der Waals surface area (Å²) >= 11 is 4.33. The SMILES string of the molecule is Cc1cccc(NC(=O)Cn2c(O)c(C=C3C=Nc4ccc(Br)cc43)sc2=O)c1C. The molecule has 1 amide bonds. The minimum atomic E-state index is -0.403. The zero-order valence-electron chi connectivity index (χ0n) is 16.3. The number of hydrogen-bond acceptors (Lipinski definition) is 5. The van der Waals surface area contributed by atoms with E-state index in [2.05, 4.69) is 26.2 Å². The van der Waals surface area contributed by atoms with Crippen molar-refractivity contribution in [3.8, 4) is 5.88 Å². The topological polar surface area (TPSA) is 83.7 Å². The van der Waals surface area contributed by atoms with E-state index in [0.29, 0.717) is 10.6 Å². The third kappa shape index (κ3) is 3.88. The predicted molar refractivity (Wildman–Crippen MR) is 125 cm³/mol. The van der Waals surface area contributed by atoms with E-state index in [1.165, 1.54) is 0 Å². The van der Waals surface area contributed by atoms with Gasteiger partial charge in [0.05, 0.1) is 10.6 Å². The molecular weight excluding hydrogens is 466 g/mol. The number of aromatic nitrogens is 1. The van der Waals surface area contributed by atoms with Crippen LogP contribution < -0.4 is 10.2 Å². The third-order valence-corrected chi connectivity index (χ3v) is 6.38. The Morgan fingerprint density at radius 3 is 2.90 bits per heavy atom. The van der Waals surface area contributed by atoms with Crippen LogP contribution >= 0.6 is 27.3 Å². The number of rotatable bonds is 4. The van der Waals surface area contributed by atoms with Gasteiger partial charge in [0.25, 0.3) is 0 Å². The van der Waals surface area contributed by atoms with Crippen LogP contribution in [0, 0.1) is 13.8 Å². The second-order valence-electron chi connectivity index (χ2n) is 6.96. The molecule has 0 saturated carbocycles. The maximum atomic E-state index is 12.5. The number of aliphatic imine (C=N–C) groups is 1. The van der Waals surface area contributed by atoms with E-state index in [1.54, 1.807) is 18.4 Å². The molecule has 0 bridgehead atoms. The number of hydrogen-bond donors (Lipinski definition) is 2. The fourth-order valence-electron chi connectivity index (χ4n) is 3.18. The number of thiazole rings is 1. The lowest BCUT2D eigenvalue weighted by Crippen LogP contribution is -2.24. The largest absolute Gasteiger partial charge is 0.493 e. The fourth-order valence-corrected chi connectivity index (χ4v) is 4.38. The number of aromatic hydroxyl groups is 1. The van der Waals surface area contributed by atoms with Gasteiger partial charge in [-0.25, -0.2) is 0 Å². The van der Waals surface area contributed by atoms with Crippen LogP contribution in [0.15, 0.2) is 50.7 Å². The predicted octanol–water partition coefficient (Wildman–Crippen LogP) is 4.89. The van der Waals surface area contributed by atoms with Gasteiger partial charge >= 0.3 is 4.87 Å². The Kier molecular flexibility index (Phi) is 5.44. The van der Waals surface area contributed by atoms with E-state index in [4.69, 9.17) is 0 Å². The number of fused-ring (bicyclic) bond motifs is 1. The summed E-state index contributed by atoms with van der Waals surface area (Å²) in [5, 5.41) is 13.4. The molecule has 0 saturated heterocycles. The minimum Gasteiger partial charge on any atom is -0.493 e. The van der Waals surface area contributed by atoms with Gasteiger partial charge < -0.3 is 10.4 Å². The van der Waals surface area contributed by atoms with Gasteiger partial charge in [0.15, 0.2) is 0 Å². The molecular formula is C22H18BrN3O3S. The van der Waals surface area contributed by atoms with Crippen LogP contribution in [-0.4, -0.2) is 21.8 Å². The van der Waals surface area contributed by atoms with Crippen LogP contribution in [-0.2, 0) is 11.3 Å². The lowest BCUT2D eigenvalue weighted by atomic mass is 10.1. The Morgan fingerprint density at radius 2 is 2.10 bits per heavy atom. The summed E-state index contributed by atoms with van der Waals surface area (Å²) in [6.07, 6.45) is 3.40. The summed E-state index contributed by atoms with van der Waals surface area (Å²) in [5.41, 5.74) is 5.22. The first-order valence-electron chi connectivity index (χ1n) is 9.18. The Hall–Kier alpha value is -2.97. The number of allylic oxidation sites excluding steroid dienone is 1. The first-order chi connectivity index (χ1) is 14.3. The summed E-state index contributed by atoms with van der Waals surface area (Å²) in [5.74, 6) is -0.611. The van der Waals surface area contributed by atoms with Gasteiger partial charge in [-0.15, -0.1) is 0 Å². The summed E-state index contributed by atoms with van der Waals surface area (Å²) in [6, 6.07) is 11.4. The molecule has 6 nitrogen and oxygen atoms in total. The van der Waals surface area contributed by atoms with Gasteiger partial charge in [-0.1, -0.05) is 39.4 Å². The quantitative estimate of drug-likeness (QED) is 0.553. The van der Waals surface area contributed by atoms with Crippen LogP contribution in [0.5, 0.6) is 5.88 Å². The van der Waals surface area contributed by atoms with E-state index in [1.807, 2.05) is 44.2 Å². The molecule has 0 fully saturated rings. The molecule has 3 aromatic rings. The van der Waals surface area contributed by atoms with Gasteiger partial charge in [-0.3, -0.25) is 19.1 Å². The van der Waals surface area contributed by atoms with Crippen molar-refractivity contribution in [2.75, 3.05) is 5.32 Å². The molecule has 0 radical (unpaired) electrons. The second kappa shape index (κ2) is 8.04. The standard InChI is InChI=1S/C22H18BrN3O3S/c1-12-4-3-5-17(13(12)2)25-20(27)11-26-21(28)19(30-22(26)29)8-14-10-24-18-7-6-15(23)9-16(14)18/h3-10,28H,11H2,1-2H3,(H,25,27). The van der Waals surface area contributed by atoms with Crippen molar-refractivity contribution in [2.24, 2.45) is 4.99 Å². The monoisotopic (exact) mass is 483 g/mol. The number of carbonyl (C=O) groups excluding carboxylic acids is 1. The molecule has 1 aliphatic heterocycles. The molecule has 0 unspecified atom stereocenters. The average Bonchev–Trinajstić information content (AvgIpc) is 3.21. The van der Waals surface area contributed by atoms with Crippen molar-refractivity contribution in [3.63, 3.8) is 0 Å². The highest BCUT2D eigenvalue weighted by molar-refractivity contribution is 9.10. The molecule has 152 valence electrons. The van der Waals surface area contributed by atoms with Crippen molar-refractivity contribution >= 4 is 62.4 Å². The smallest absolute Gasteiger partial charge is 0.311 e. The highest BCUT2D eigenvalue weighted by Gasteiger charge is 2.19. The van der Waals surface area contributed by atoms with Gasteiger partial charge in [-0.2, -0.15) is 0 Å². The Morgan fingerprint density at radius 1 is 1.30 bits per heavy atom. The van der Waals surface area contributed by atoms with Crippen molar-refractivity contribution in [1.29, 1.82) is 0 Å². The number of halogens is 1. The lowest BCUT2D eigenvalue weighted by Gasteiger charge is -2.10. The van der Waals surface area contributed by atoms with Crippen LogP contribution in [0.25, 0.3) is 11.6 Å². The number of nitrogens with zero attached hydrogens (tertiary/aromatic N) is 2. The summed E-state index contributed by atoms with van der Waals surface area (Å²) in [7, 11) is 0. The minimum absolute atomic E-state index is 0.231. The van der Waals surface area contributed by atoms with E-state index >= 15 is 0 Å². The number of carbonyl (C=O) groups is 1. The normalized spacial score (nSPS) is 13.6. The van der Waals surface area contributed by atoms with Gasteiger partial charge in [0, 0.05) is 27.5 Å². The third-order valence-electron chi connectivity index (χ3n) is 4.97. The fraction of sp³-hybridized carbons (Fsp3) is 0.136. The molecule has 0 spiro atoms. The number of anilines is 1. The zero-order valence-corrected chi connectivity index (χ0v) is 18.7. The molecule has 2 aromatic carbocycles. The number of benzene rings is 2. The number of amides is 1. The summed E-state index contributed by atoms with van der Waals surface area (Å²) in [4.78, 5) is 29.2. The van der Waals surface area contributed by atoms with Gasteiger partial charge in [-0.05, 0) is 55.3 Å². The second-order valence-corrected chi connectivity index (χ2v) is 8.87. The van der Waals surface area contributed by atoms with Crippen LogP contribution in [0.1, 0.15) is 21.6 Å². The Labute approximate surface area is 185 Å². The molecule has 1 aliphatic rings. The van der Waals surface area contributed by atoms with E-state index in [9.17, 15) is 14.7 Å². The summed E-state index contributed by atoms with van der Waals surface area (Å²) < 4.78 is 1.99. The molecule has 4 rings (SSSR count). The molecule has 0 aliphatic carbocycles. The van der Waals surface area contributed by atoms with Crippen molar-refractivity contribution in [3.05, 3.63) is 72.1 Å². The van der Waals surface area contributed by atoms with Crippen molar-refractivity contribution < 1.29 is 9.90 Å². The average molecular weight is 484 g/mol. The number of nitrogens with one attached hydrogen (secondary N) is 1. The molecule has 1 aromatic heterocycles.